The summed E-state index contributed by atoms with van der Waals surface area (Å²) in [6, 6.07) is 12.6. The summed E-state index contributed by atoms with van der Waals surface area (Å²) in [6.07, 6.45) is 5.52. The predicted octanol–water partition coefficient (Wildman–Crippen LogP) is 6.59. The van der Waals surface area contributed by atoms with E-state index in [0.717, 1.165) is 10.9 Å². The molecule has 11 heteroatoms. The van der Waals surface area contributed by atoms with Crippen molar-refractivity contribution >= 4 is 35.6 Å². The highest BCUT2D eigenvalue weighted by atomic mass is 32.1. The number of rotatable bonds is 7. The van der Waals surface area contributed by atoms with Crippen LogP contribution in [-0.2, 0) is 11.4 Å². The van der Waals surface area contributed by atoms with Crippen LogP contribution in [0.15, 0.2) is 48.5 Å². The van der Waals surface area contributed by atoms with Crippen LogP contribution in [0, 0.1) is 10.1 Å². The summed E-state index contributed by atoms with van der Waals surface area (Å²) in [5, 5.41) is 25.3. The lowest BCUT2D eigenvalue weighted by Crippen LogP contribution is -2.52. The van der Waals surface area contributed by atoms with Crippen LogP contribution in [-0.4, -0.2) is 48.0 Å². The number of aromatic hydroxyl groups is 1. The van der Waals surface area contributed by atoms with Crippen molar-refractivity contribution in [3.05, 3.63) is 64.2 Å². The Kier molecular flexibility index (Phi) is 9.40. The van der Waals surface area contributed by atoms with E-state index in [1.807, 2.05) is 12.1 Å². The Morgan fingerprint density at radius 1 is 1.02 bits per heavy atom. The third-order valence-electron chi connectivity index (χ3n) is 7.43. The number of anilines is 2. The normalized spacial score (nSPS) is 15.7. The summed E-state index contributed by atoms with van der Waals surface area (Å²) in [5.74, 6) is 0.855. The van der Waals surface area contributed by atoms with E-state index in [-0.39, 0.29) is 29.7 Å². The topological polar surface area (TPSA) is 123 Å². The molecule has 0 atom stereocenters. The number of amides is 1. The van der Waals surface area contributed by atoms with Crippen molar-refractivity contribution in [1.29, 1.82) is 0 Å². The number of fused-ring (bicyclic) bond motifs is 1. The Morgan fingerprint density at radius 3 is 2.29 bits per heavy atom. The molecule has 10 nitrogen and oxygen atoms in total. The van der Waals surface area contributed by atoms with Crippen LogP contribution in [0.2, 0.25) is 0 Å². The zero-order valence-corrected chi connectivity index (χ0v) is 25.4. The number of carbonyl (C=O) groups is 1. The van der Waals surface area contributed by atoms with Crippen molar-refractivity contribution in [1.82, 2.24) is 0 Å². The molecule has 1 aliphatic heterocycles. The van der Waals surface area contributed by atoms with E-state index in [2.05, 4.69) is 17.9 Å². The average Bonchev–Trinajstić information content (AvgIpc) is 3.45. The van der Waals surface area contributed by atoms with Gasteiger partial charge in [0.15, 0.2) is 11.5 Å². The third-order valence-corrected chi connectivity index (χ3v) is 7.95. The number of phenols is 1. The highest BCUT2D eigenvalue weighted by Crippen LogP contribution is 2.45. The van der Waals surface area contributed by atoms with Gasteiger partial charge in [-0.05, 0) is 56.5 Å². The summed E-state index contributed by atoms with van der Waals surface area (Å²) in [4.78, 5) is 25.5. The lowest BCUT2D eigenvalue weighted by Gasteiger charge is -2.39. The number of ether oxygens (including phenoxy) is 3. The van der Waals surface area contributed by atoms with Crippen LogP contribution in [0.1, 0.15) is 45.1 Å². The Balaban J connectivity index is 0.000000600. The van der Waals surface area contributed by atoms with Gasteiger partial charge >= 0.3 is 0 Å². The van der Waals surface area contributed by atoms with Gasteiger partial charge in [0.25, 0.3) is 11.6 Å². The van der Waals surface area contributed by atoms with Crippen LogP contribution < -0.4 is 24.4 Å². The maximum Gasteiger partial charge on any atom is 0.273 e. The highest BCUT2D eigenvalue weighted by Gasteiger charge is 2.38. The van der Waals surface area contributed by atoms with E-state index in [0.29, 0.717) is 33.9 Å². The number of thiol groups is 1. The molecule has 1 saturated carbocycles. The largest absolute Gasteiger partial charge is 0.508 e. The molecule has 5 rings (SSSR count). The van der Waals surface area contributed by atoms with Gasteiger partial charge in [-0.15, -0.1) is 0 Å². The standard InChI is InChI=1S/C26H27N3O7.C5H10S/c1-26(2)25(31)28(3)24-19(14-36-23-12-15(29(32)33)6-11-21(23)34-4)17(9-10-20(24)27-26)18-8-7-16(30)13-22(18)35-5;6-5-3-1-2-4-5/h6-13,27,30H,14H2,1-5H3;5-6H,1-4H2. The van der Waals surface area contributed by atoms with E-state index >= 15 is 0 Å². The molecule has 3 aromatic rings. The van der Waals surface area contributed by atoms with Gasteiger partial charge in [-0.1, -0.05) is 18.9 Å². The van der Waals surface area contributed by atoms with Gasteiger partial charge in [-0.25, -0.2) is 0 Å². The van der Waals surface area contributed by atoms with E-state index in [9.17, 15) is 20.0 Å². The molecule has 0 saturated heterocycles. The predicted molar refractivity (Wildman–Crippen MR) is 166 cm³/mol. The summed E-state index contributed by atoms with van der Waals surface area (Å²) in [5.41, 5.74) is 2.40. The maximum absolute atomic E-state index is 13.1. The van der Waals surface area contributed by atoms with Crippen molar-refractivity contribution in [3.8, 4) is 34.1 Å². The second-order valence-electron chi connectivity index (χ2n) is 10.8. The second-order valence-corrected chi connectivity index (χ2v) is 11.5. The molecule has 2 N–H and O–H groups in total. The number of phenolic OH excluding ortho intramolecular Hbond substituents is 1. The number of non-ortho nitro benzene ring substituents is 1. The highest BCUT2D eigenvalue weighted by molar-refractivity contribution is 7.80. The molecule has 224 valence electrons. The van der Waals surface area contributed by atoms with E-state index in [1.54, 1.807) is 37.9 Å². The Hall–Kier alpha value is -4.12. The molecule has 2 aliphatic rings. The number of hydrogen-bond acceptors (Lipinski definition) is 9. The zero-order chi connectivity index (χ0) is 30.6. The number of hydrogen-bond donors (Lipinski definition) is 3. The monoisotopic (exact) mass is 595 g/mol. The SMILES string of the molecule is COc1ccc([N+](=O)[O-])cc1OCc1c(-c2ccc(O)cc2OC)ccc2c1N(C)C(=O)C(C)(C)N2.SC1CCCC1. The lowest BCUT2D eigenvalue weighted by molar-refractivity contribution is -0.385. The number of carbonyl (C=O) groups excluding carboxylic acids is 1. The summed E-state index contributed by atoms with van der Waals surface area (Å²) < 4.78 is 16.9. The number of methoxy groups -OCH3 is 2. The van der Waals surface area contributed by atoms with Crippen LogP contribution in [0.3, 0.4) is 0 Å². The molecule has 1 heterocycles. The van der Waals surface area contributed by atoms with Crippen molar-refractivity contribution in [3.63, 3.8) is 0 Å². The number of nitrogens with one attached hydrogen (secondary N) is 1. The molecular formula is C31H37N3O7S. The fourth-order valence-electron chi connectivity index (χ4n) is 5.28. The van der Waals surface area contributed by atoms with Gasteiger partial charge in [0.05, 0.1) is 36.6 Å². The van der Waals surface area contributed by atoms with Crippen molar-refractivity contribution in [2.45, 2.75) is 56.9 Å². The lowest BCUT2D eigenvalue weighted by atomic mass is 9.91. The number of nitro benzene ring substituents is 1. The molecule has 0 bridgehead atoms. The zero-order valence-electron chi connectivity index (χ0n) is 24.5. The summed E-state index contributed by atoms with van der Waals surface area (Å²) >= 11 is 4.29. The number of nitrogens with zero attached hydrogens (tertiary/aromatic N) is 2. The Bertz CT molecular complexity index is 1470. The molecular weight excluding hydrogens is 558 g/mol. The van der Waals surface area contributed by atoms with Crippen LogP contribution in [0.5, 0.6) is 23.0 Å². The maximum atomic E-state index is 13.1. The van der Waals surface area contributed by atoms with Crippen LogP contribution >= 0.6 is 12.6 Å². The molecule has 3 aromatic carbocycles. The van der Waals surface area contributed by atoms with Crippen molar-refractivity contribution in [2.75, 3.05) is 31.5 Å². The molecule has 0 unspecified atom stereocenters. The minimum atomic E-state index is -0.819. The first-order chi connectivity index (χ1) is 20.0. The van der Waals surface area contributed by atoms with Crippen molar-refractivity contribution in [2.24, 2.45) is 0 Å². The first-order valence-corrected chi connectivity index (χ1v) is 14.2. The van der Waals surface area contributed by atoms with Gasteiger partial charge in [-0.3, -0.25) is 14.9 Å². The molecule has 1 amide bonds. The minimum Gasteiger partial charge on any atom is -0.508 e. The van der Waals surface area contributed by atoms with E-state index in [1.165, 1.54) is 64.2 Å². The fourth-order valence-corrected chi connectivity index (χ4v) is 5.64. The Morgan fingerprint density at radius 2 is 1.69 bits per heavy atom. The van der Waals surface area contributed by atoms with Crippen LogP contribution in [0.25, 0.3) is 11.1 Å². The molecule has 0 spiro atoms. The molecule has 0 radical (unpaired) electrons. The van der Waals surface area contributed by atoms with Crippen molar-refractivity contribution < 1.29 is 29.0 Å². The first-order valence-electron chi connectivity index (χ1n) is 13.7. The van der Waals surface area contributed by atoms with E-state index in [4.69, 9.17) is 14.2 Å². The number of nitro groups is 1. The Labute approximate surface area is 251 Å². The molecule has 1 aliphatic carbocycles. The first kappa shape index (κ1) is 30.8. The van der Waals surface area contributed by atoms with Gasteiger partial charge in [0.2, 0.25) is 0 Å². The quantitative estimate of drug-likeness (QED) is 0.159. The fraction of sp³-hybridized carbons (Fsp3) is 0.387. The van der Waals surface area contributed by atoms with Gasteiger partial charge in [0, 0.05) is 35.6 Å². The molecule has 1 fully saturated rings. The van der Waals surface area contributed by atoms with Gasteiger partial charge in [-0.2, -0.15) is 12.6 Å². The second kappa shape index (κ2) is 12.8. The molecule has 42 heavy (non-hydrogen) atoms. The third kappa shape index (κ3) is 6.51. The molecule has 0 aromatic heterocycles. The van der Waals surface area contributed by atoms with E-state index < -0.39 is 10.5 Å². The van der Waals surface area contributed by atoms with Crippen LogP contribution in [0.4, 0.5) is 17.1 Å². The minimum absolute atomic E-state index is 0.0419. The average molecular weight is 596 g/mol. The van der Waals surface area contributed by atoms with Gasteiger partial charge in [0.1, 0.15) is 23.6 Å². The van der Waals surface area contributed by atoms with Gasteiger partial charge < -0.3 is 29.5 Å². The number of benzene rings is 3. The summed E-state index contributed by atoms with van der Waals surface area (Å²) in [6.45, 7) is 3.56. The number of likely N-dealkylation sites (N-methyl/N-ethyl adjacent to an activating group) is 1. The summed E-state index contributed by atoms with van der Waals surface area (Å²) in [7, 11) is 4.64. The smallest absolute Gasteiger partial charge is 0.273 e.